The molecule has 6 nitrogen and oxygen atoms in total. The summed E-state index contributed by atoms with van der Waals surface area (Å²) >= 11 is 0. The first kappa shape index (κ1) is 12.7. The molecule has 0 spiro atoms. The van der Waals surface area contributed by atoms with Crippen LogP contribution in [-0.4, -0.2) is 23.8 Å². The van der Waals surface area contributed by atoms with Crippen molar-refractivity contribution in [3.63, 3.8) is 0 Å². The Morgan fingerprint density at radius 1 is 1.21 bits per heavy atom. The lowest BCUT2D eigenvalue weighted by Gasteiger charge is -2.09. The Hall–Kier alpha value is -2.76. The first-order valence-corrected chi connectivity index (χ1v) is 5.68. The molecule has 0 bridgehead atoms. The van der Waals surface area contributed by atoms with Crippen LogP contribution in [0.4, 0.5) is 11.4 Å². The van der Waals surface area contributed by atoms with Crippen molar-refractivity contribution < 1.29 is 9.59 Å². The molecular weight excluding hydrogens is 244 g/mol. The van der Waals surface area contributed by atoms with Gasteiger partial charge in [0.1, 0.15) is 5.69 Å². The lowest BCUT2D eigenvalue weighted by atomic mass is 10.1. The molecule has 1 aromatic heterocycles. The maximum atomic E-state index is 12.0. The van der Waals surface area contributed by atoms with E-state index in [1.807, 2.05) is 0 Å². The molecule has 2 rings (SSSR count). The van der Waals surface area contributed by atoms with Crippen LogP contribution in [0.5, 0.6) is 0 Å². The summed E-state index contributed by atoms with van der Waals surface area (Å²) in [6, 6.07) is 8.29. The van der Waals surface area contributed by atoms with Gasteiger partial charge in [0, 0.05) is 18.9 Å². The molecule has 6 heteroatoms. The Balaban J connectivity index is 2.24. The van der Waals surface area contributed by atoms with Gasteiger partial charge in [0.15, 0.2) is 0 Å². The number of rotatable bonds is 3. The summed E-state index contributed by atoms with van der Waals surface area (Å²) in [5, 5.41) is 5.19. The van der Waals surface area contributed by atoms with Crippen LogP contribution in [0.15, 0.2) is 36.5 Å². The number of nitrogens with one attached hydrogen (secondary N) is 3. The maximum absolute atomic E-state index is 12.0. The van der Waals surface area contributed by atoms with Crippen LogP contribution in [0.2, 0.25) is 0 Å². The van der Waals surface area contributed by atoms with Gasteiger partial charge < -0.3 is 21.4 Å². The van der Waals surface area contributed by atoms with Crippen molar-refractivity contribution in [1.29, 1.82) is 0 Å². The van der Waals surface area contributed by atoms with Gasteiger partial charge >= 0.3 is 0 Å². The fourth-order valence-corrected chi connectivity index (χ4v) is 1.66. The van der Waals surface area contributed by atoms with Crippen LogP contribution in [0.3, 0.4) is 0 Å². The van der Waals surface area contributed by atoms with Crippen molar-refractivity contribution in [2.75, 3.05) is 18.1 Å². The molecule has 0 unspecified atom stereocenters. The third-order valence-corrected chi connectivity index (χ3v) is 2.60. The predicted molar refractivity (Wildman–Crippen MR) is 73.0 cm³/mol. The zero-order valence-electron chi connectivity index (χ0n) is 10.4. The number of H-pyrrole nitrogens is 1. The summed E-state index contributed by atoms with van der Waals surface area (Å²) in [6.07, 6.45) is 1.53. The number of hydrogen-bond donors (Lipinski definition) is 4. The molecule has 0 aliphatic carbocycles. The Kier molecular flexibility index (Phi) is 3.51. The zero-order valence-corrected chi connectivity index (χ0v) is 10.4. The van der Waals surface area contributed by atoms with Crippen molar-refractivity contribution in [1.82, 2.24) is 10.3 Å². The van der Waals surface area contributed by atoms with Crippen LogP contribution in [0.1, 0.15) is 20.8 Å². The first-order valence-electron chi connectivity index (χ1n) is 5.68. The summed E-state index contributed by atoms with van der Waals surface area (Å²) in [5.74, 6) is -0.616. The Bertz CT molecular complexity index is 619. The number of carbonyl (C=O) groups is 2. The van der Waals surface area contributed by atoms with E-state index in [1.165, 1.54) is 19.3 Å². The average Bonchev–Trinajstić information content (AvgIpc) is 2.85. The molecule has 98 valence electrons. The molecule has 2 aromatic rings. The predicted octanol–water partition coefficient (Wildman–Crippen LogP) is 1.21. The molecule has 2 amide bonds. The summed E-state index contributed by atoms with van der Waals surface area (Å²) in [4.78, 5) is 26.4. The molecule has 0 aliphatic rings. The van der Waals surface area contributed by atoms with E-state index in [2.05, 4.69) is 15.6 Å². The topological polar surface area (TPSA) is 100 Å². The monoisotopic (exact) mass is 258 g/mol. The number of aromatic nitrogens is 1. The highest BCUT2D eigenvalue weighted by Gasteiger charge is 2.13. The summed E-state index contributed by atoms with van der Waals surface area (Å²) in [5.41, 5.74) is 7.19. The van der Waals surface area contributed by atoms with Crippen LogP contribution in [0.25, 0.3) is 0 Å². The van der Waals surface area contributed by atoms with Gasteiger partial charge in [0.2, 0.25) is 0 Å². The van der Waals surface area contributed by atoms with Gasteiger partial charge in [0.25, 0.3) is 11.8 Å². The number of carbonyl (C=O) groups excluding carboxylic acids is 2. The Morgan fingerprint density at radius 2 is 1.95 bits per heavy atom. The van der Waals surface area contributed by atoms with Crippen molar-refractivity contribution >= 4 is 23.2 Å². The van der Waals surface area contributed by atoms with E-state index in [4.69, 9.17) is 5.73 Å². The van der Waals surface area contributed by atoms with E-state index in [0.717, 1.165) is 0 Å². The molecule has 1 aromatic carbocycles. The smallest absolute Gasteiger partial charge is 0.272 e. The van der Waals surface area contributed by atoms with Gasteiger partial charge in [-0.3, -0.25) is 9.59 Å². The Labute approximate surface area is 110 Å². The lowest BCUT2D eigenvalue weighted by molar-refractivity contribution is 0.0964. The molecule has 5 N–H and O–H groups in total. The number of benzene rings is 1. The minimum Gasteiger partial charge on any atom is -0.397 e. The molecule has 1 heterocycles. The van der Waals surface area contributed by atoms with E-state index in [0.29, 0.717) is 22.6 Å². The molecule has 0 saturated carbocycles. The quantitative estimate of drug-likeness (QED) is 0.665. The zero-order chi connectivity index (χ0) is 13.8. The third kappa shape index (κ3) is 2.74. The van der Waals surface area contributed by atoms with Gasteiger partial charge in [-0.15, -0.1) is 0 Å². The number of nitrogens with two attached hydrogens (primary N) is 1. The van der Waals surface area contributed by atoms with Crippen LogP contribution >= 0.6 is 0 Å². The first-order chi connectivity index (χ1) is 9.11. The minimum absolute atomic E-state index is 0.262. The highest BCUT2D eigenvalue weighted by molar-refractivity contribution is 6.08. The van der Waals surface area contributed by atoms with E-state index < -0.39 is 0 Å². The second-order valence-corrected chi connectivity index (χ2v) is 3.93. The van der Waals surface area contributed by atoms with Crippen molar-refractivity contribution in [3.8, 4) is 0 Å². The van der Waals surface area contributed by atoms with Crippen LogP contribution in [-0.2, 0) is 0 Å². The molecule has 0 aliphatic heterocycles. The van der Waals surface area contributed by atoms with Crippen LogP contribution in [0, 0.1) is 0 Å². The maximum Gasteiger partial charge on any atom is 0.272 e. The highest BCUT2D eigenvalue weighted by atomic mass is 16.2. The molecule has 19 heavy (non-hydrogen) atoms. The summed E-state index contributed by atoms with van der Waals surface area (Å²) in [7, 11) is 1.53. The standard InChI is InChI=1S/C13H14N4O2/c1-15-12(18)9-4-2-3-5-10(9)17-13(19)11-6-8(14)7-16-11/h2-7,16H,14H2,1H3,(H,15,18)(H,17,19). The third-order valence-electron chi connectivity index (χ3n) is 2.60. The van der Waals surface area contributed by atoms with Gasteiger partial charge in [0.05, 0.1) is 11.3 Å². The van der Waals surface area contributed by atoms with Crippen molar-refractivity contribution in [3.05, 3.63) is 47.8 Å². The van der Waals surface area contributed by atoms with Crippen molar-refractivity contribution in [2.24, 2.45) is 0 Å². The number of nitrogen functional groups attached to an aromatic ring is 1. The molecular formula is C13H14N4O2. The van der Waals surface area contributed by atoms with E-state index in [9.17, 15) is 9.59 Å². The molecule has 0 saturated heterocycles. The highest BCUT2D eigenvalue weighted by Crippen LogP contribution is 2.16. The summed E-state index contributed by atoms with van der Waals surface area (Å²) in [6.45, 7) is 0. The second-order valence-electron chi connectivity index (χ2n) is 3.93. The SMILES string of the molecule is CNC(=O)c1ccccc1NC(=O)c1cc(N)c[nH]1. The van der Waals surface area contributed by atoms with E-state index >= 15 is 0 Å². The lowest BCUT2D eigenvalue weighted by Crippen LogP contribution is -2.21. The van der Waals surface area contributed by atoms with E-state index in [-0.39, 0.29) is 11.8 Å². The fraction of sp³-hybridized carbons (Fsp3) is 0.0769. The van der Waals surface area contributed by atoms with Gasteiger partial charge in [-0.1, -0.05) is 12.1 Å². The molecule has 0 fully saturated rings. The molecule has 0 atom stereocenters. The summed E-state index contributed by atoms with van der Waals surface area (Å²) < 4.78 is 0. The number of anilines is 2. The van der Waals surface area contributed by atoms with Gasteiger partial charge in [-0.25, -0.2) is 0 Å². The fourth-order valence-electron chi connectivity index (χ4n) is 1.66. The van der Waals surface area contributed by atoms with Gasteiger partial charge in [-0.2, -0.15) is 0 Å². The number of para-hydroxylation sites is 1. The number of aromatic amines is 1. The second kappa shape index (κ2) is 5.26. The van der Waals surface area contributed by atoms with Crippen LogP contribution < -0.4 is 16.4 Å². The largest absolute Gasteiger partial charge is 0.397 e. The Morgan fingerprint density at radius 3 is 2.58 bits per heavy atom. The van der Waals surface area contributed by atoms with E-state index in [1.54, 1.807) is 24.3 Å². The number of amides is 2. The normalized spacial score (nSPS) is 9.95. The van der Waals surface area contributed by atoms with Crippen molar-refractivity contribution in [2.45, 2.75) is 0 Å². The average molecular weight is 258 g/mol. The minimum atomic E-state index is -0.354. The van der Waals surface area contributed by atoms with Gasteiger partial charge in [-0.05, 0) is 18.2 Å². The molecule has 0 radical (unpaired) electrons. The number of hydrogen-bond acceptors (Lipinski definition) is 3.